The van der Waals surface area contributed by atoms with Gasteiger partial charge in [-0.05, 0) is 0 Å². The first-order valence-corrected chi connectivity index (χ1v) is 15.0. The molecule has 3 nitrogen and oxygen atoms in total. The van der Waals surface area contributed by atoms with Gasteiger partial charge in [0.2, 0.25) is 0 Å². The predicted octanol–water partition coefficient (Wildman–Crippen LogP) is 4.87. The summed E-state index contributed by atoms with van der Waals surface area (Å²) in [5, 5.41) is 13.2. The summed E-state index contributed by atoms with van der Waals surface area (Å²) in [5.74, 6) is 0.347. The number of allylic oxidation sites excluding steroid dienone is 4. The summed E-state index contributed by atoms with van der Waals surface area (Å²) >= 11 is 6.23. The molecule has 27 heavy (non-hydrogen) atoms. The fourth-order valence-electron chi connectivity index (χ4n) is 4.05. The number of rotatable bonds is 3. The molecule has 7 heteroatoms. The molecule has 1 unspecified atom stereocenters. The Morgan fingerprint density at radius 3 is 2.78 bits per heavy atom. The molecule has 1 atom stereocenters. The maximum atomic E-state index is 12.2. The SMILES string of the molecule is CCC[Si]1(C)C2=CC(=O)C=CC2=Nc2ccc(O)c(-c3[se]c(I)cc3Br)c21. The fraction of sp³-hybridized carbons (Fsp3) is 0.200. The van der Waals surface area contributed by atoms with Crippen molar-refractivity contribution in [1.82, 2.24) is 0 Å². The molecule has 2 heterocycles. The summed E-state index contributed by atoms with van der Waals surface area (Å²) in [7, 11) is -2.23. The van der Waals surface area contributed by atoms with Crippen LogP contribution in [0.15, 0.2) is 51.1 Å². The molecule has 2 aliphatic rings. The van der Waals surface area contributed by atoms with Gasteiger partial charge in [-0.15, -0.1) is 0 Å². The first-order valence-electron chi connectivity index (χ1n) is 8.70. The van der Waals surface area contributed by atoms with Crippen LogP contribution in [0.4, 0.5) is 5.69 Å². The summed E-state index contributed by atoms with van der Waals surface area (Å²) in [6.07, 6.45) is 6.26. The number of fused-ring (bicyclic) bond motifs is 2. The molecule has 0 fully saturated rings. The number of carbonyl (C=O) groups excluding carboxylic acids is 1. The van der Waals surface area contributed by atoms with Crippen LogP contribution in [0.25, 0.3) is 10.0 Å². The van der Waals surface area contributed by atoms with Crippen molar-refractivity contribution in [2.45, 2.75) is 25.9 Å². The Hall–Kier alpha value is -0.734. The monoisotopic (exact) mass is 617 g/mol. The number of benzene rings is 1. The van der Waals surface area contributed by atoms with Crippen LogP contribution in [-0.2, 0) is 4.79 Å². The number of carbonyl (C=O) groups is 1. The van der Waals surface area contributed by atoms with Crippen molar-refractivity contribution in [2.75, 3.05) is 0 Å². The molecular weight excluding hydrogens is 600 g/mol. The minimum absolute atomic E-state index is 0.0330. The van der Waals surface area contributed by atoms with E-state index in [-0.39, 0.29) is 20.3 Å². The van der Waals surface area contributed by atoms with E-state index in [1.807, 2.05) is 12.1 Å². The van der Waals surface area contributed by atoms with E-state index in [1.54, 1.807) is 18.2 Å². The Bertz CT molecular complexity index is 1070. The van der Waals surface area contributed by atoms with Crippen LogP contribution in [0.5, 0.6) is 5.75 Å². The summed E-state index contributed by atoms with van der Waals surface area (Å²) in [6, 6.07) is 6.85. The number of hydrogen-bond donors (Lipinski definition) is 1. The maximum absolute atomic E-state index is 12.2. The molecule has 1 N–H and O–H groups in total. The Kier molecular flexibility index (Phi) is 5.26. The molecule has 0 radical (unpaired) electrons. The molecule has 0 bridgehead atoms. The molecule has 1 aromatic heterocycles. The molecule has 1 aliphatic heterocycles. The Morgan fingerprint density at radius 1 is 1.33 bits per heavy atom. The normalized spacial score (nSPS) is 20.8. The molecule has 0 spiro atoms. The third-order valence-electron chi connectivity index (χ3n) is 5.15. The zero-order valence-electron chi connectivity index (χ0n) is 14.8. The van der Waals surface area contributed by atoms with Gasteiger partial charge in [0.05, 0.1) is 0 Å². The molecule has 1 aromatic carbocycles. The Morgan fingerprint density at radius 2 is 2.11 bits per heavy atom. The topological polar surface area (TPSA) is 49.7 Å². The van der Waals surface area contributed by atoms with E-state index in [0.717, 1.165) is 39.1 Å². The van der Waals surface area contributed by atoms with Crippen molar-refractivity contribution < 1.29 is 9.90 Å². The standard InChI is InChI=1S/C20H17BrINO2SeSi/c1-3-8-27(2)16-9-11(24)4-5-13(16)23-14-6-7-15(25)18(20(14)27)19-12(21)10-17(22)26-19/h4-7,9-10,25H,3,8H2,1-2H3. The van der Waals surface area contributed by atoms with Crippen molar-refractivity contribution in [3.05, 3.63) is 48.5 Å². The average molecular weight is 617 g/mol. The van der Waals surface area contributed by atoms with Gasteiger partial charge in [0.1, 0.15) is 0 Å². The quantitative estimate of drug-likeness (QED) is 0.304. The molecule has 0 saturated carbocycles. The molecule has 138 valence electrons. The number of nitrogens with zero attached hydrogens (tertiary/aromatic N) is 1. The molecule has 0 saturated heterocycles. The molecule has 0 amide bonds. The van der Waals surface area contributed by atoms with E-state index in [1.165, 1.54) is 12.1 Å². The van der Waals surface area contributed by atoms with Gasteiger partial charge in [-0.25, -0.2) is 0 Å². The number of ketones is 1. The van der Waals surface area contributed by atoms with Gasteiger partial charge < -0.3 is 0 Å². The van der Waals surface area contributed by atoms with Crippen molar-refractivity contribution in [3.63, 3.8) is 0 Å². The number of phenolic OH excluding ortho intramolecular Hbond substituents is 1. The number of phenols is 1. The van der Waals surface area contributed by atoms with E-state index in [2.05, 4.69) is 58.1 Å². The van der Waals surface area contributed by atoms with Crippen molar-refractivity contribution in [1.29, 1.82) is 0 Å². The van der Waals surface area contributed by atoms with Gasteiger partial charge in [-0.1, -0.05) is 0 Å². The van der Waals surface area contributed by atoms with Crippen molar-refractivity contribution in [3.8, 4) is 15.8 Å². The zero-order chi connectivity index (χ0) is 19.3. The van der Waals surface area contributed by atoms with E-state index >= 15 is 0 Å². The van der Waals surface area contributed by atoms with Crippen LogP contribution in [0.2, 0.25) is 12.6 Å². The van der Waals surface area contributed by atoms with Crippen LogP contribution in [0.1, 0.15) is 13.3 Å². The number of aromatic hydroxyl groups is 1. The third kappa shape index (κ3) is 3.21. The predicted molar refractivity (Wildman–Crippen MR) is 127 cm³/mol. The molecular formula is C20H17BrINO2SeSi. The Labute approximate surface area is 187 Å². The van der Waals surface area contributed by atoms with Gasteiger partial charge in [0.25, 0.3) is 0 Å². The van der Waals surface area contributed by atoms with E-state index in [9.17, 15) is 9.90 Å². The summed E-state index contributed by atoms with van der Waals surface area (Å²) < 4.78 is 3.52. The number of hydrogen-bond acceptors (Lipinski definition) is 3. The van der Waals surface area contributed by atoms with Crippen LogP contribution in [0.3, 0.4) is 0 Å². The molecule has 1 aliphatic carbocycles. The van der Waals surface area contributed by atoms with Crippen LogP contribution < -0.4 is 5.19 Å². The van der Waals surface area contributed by atoms with Gasteiger partial charge >= 0.3 is 189 Å². The van der Waals surface area contributed by atoms with Gasteiger partial charge in [-0.3, -0.25) is 0 Å². The van der Waals surface area contributed by atoms with Crippen LogP contribution >= 0.6 is 38.5 Å². The van der Waals surface area contributed by atoms with E-state index in [4.69, 9.17) is 4.99 Å². The molecule has 2 aromatic rings. The zero-order valence-corrected chi connectivity index (χ0v) is 21.3. The first kappa shape index (κ1) is 19.6. The second-order valence-corrected chi connectivity index (χ2v) is 17.0. The van der Waals surface area contributed by atoms with Gasteiger partial charge in [0, 0.05) is 0 Å². The van der Waals surface area contributed by atoms with Crippen LogP contribution in [0, 0.1) is 2.44 Å². The summed E-state index contributed by atoms with van der Waals surface area (Å²) in [6.45, 7) is 4.51. The molecule has 4 rings (SSSR count). The third-order valence-corrected chi connectivity index (χ3v) is 14.5. The fourth-order valence-corrected chi connectivity index (χ4v) is 13.5. The van der Waals surface area contributed by atoms with Crippen LogP contribution in [-0.4, -0.2) is 39.2 Å². The van der Waals surface area contributed by atoms with Gasteiger partial charge in [-0.2, -0.15) is 0 Å². The van der Waals surface area contributed by atoms with E-state index in [0.29, 0.717) is 5.75 Å². The summed E-state index contributed by atoms with van der Waals surface area (Å²) in [5.41, 5.74) is 2.80. The number of halogens is 2. The van der Waals surface area contributed by atoms with Crippen molar-refractivity contribution >= 4 is 83.5 Å². The Balaban J connectivity index is 2.09. The first-order chi connectivity index (χ1) is 12.8. The van der Waals surface area contributed by atoms with E-state index < -0.39 is 8.07 Å². The second kappa shape index (κ2) is 7.26. The van der Waals surface area contributed by atoms with Gasteiger partial charge in [0.15, 0.2) is 0 Å². The van der Waals surface area contributed by atoms with Crippen molar-refractivity contribution in [2.24, 2.45) is 4.99 Å². The minimum atomic E-state index is -2.23. The summed E-state index contributed by atoms with van der Waals surface area (Å²) in [4.78, 5) is 17.0. The average Bonchev–Trinajstić information content (AvgIpc) is 2.95. The number of aliphatic imine (C=N–C) groups is 1. The second-order valence-electron chi connectivity index (χ2n) is 6.95.